The maximum absolute atomic E-state index is 14.5. The molecule has 2 atom stereocenters. The predicted octanol–water partition coefficient (Wildman–Crippen LogP) is 2.63. The minimum atomic E-state index is -2.94. The van der Waals surface area contributed by atoms with Gasteiger partial charge in [-0.05, 0) is 31.0 Å². The van der Waals surface area contributed by atoms with Crippen molar-refractivity contribution < 1.29 is 18.0 Å². The third-order valence-corrected chi connectivity index (χ3v) is 4.80. The molecule has 150 valence electrons. The van der Waals surface area contributed by atoms with E-state index in [9.17, 15) is 18.0 Å². The number of amides is 1. The van der Waals surface area contributed by atoms with Gasteiger partial charge in [-0.1, -0.05) is 0 Å². The van der Waals surface area contributed by atoms with Gasteiger partial charge in [-0.15, -0.1) is 0 Å². The quantitative estimate of drug-likeness (QED) is 0.598. The summed E-state index contributed by atoms with van der Waals surface area (Å²) in [6.45, 7) is -0.244. The number of anilines is 3. The Morgan fingerprint density at radius 1 is 1.36 bits per heavy atom. The maximum Gasteiger partial charge on any atom is 0.254 e. The van der Waals surface area contributed by atoms with Crippen molar-refractivity contribution in [3.05, 3.63) is 42.0 Å². The van der Waals surface area contributed by atoms with Crippen molar-refractivity contribution in [2.75, 3.05) is 17.2 Å². The first-order chi connectivity index (χ1) is 13.3. The first kappa shape index (κ1) is 19.9. The molecule has 1 aliphatic rings. The Kier molecular flexibility index (Phi) is 5.68. The molecule has 0 bridgehead atoms. The van der Waals surface area contributed by atoms with Crippen LogP contribution in [0.1, 0.15) is 29.6 Å². The van der Waals surface area contributed by atoms with E-state index in [0.29, 0.717) is 12.1 Å². The smallest absolute Gasteiger partial charge is 0.254 e. The van der Waals surface area contributed by atoms with Gasteiger partial charge >= 0.3 is 0 Å². The fourth-order valence-electron chi connectivity index (χ4n) is 3.37. The van der Waals surface area contributed by atoms with E-state index >= 15 is 0 Å². The molecule has 10 heteroatoms. The number of pyridine rings is 2. The number of hydrogen-bond donors (Lipinski definition) is 4. The van der Waals surface area contributed by atoms with Crippen LogP contribution >= 0.6 is 0 Å². The lowest BCUT2D eigenvalue weighted by Gasteiger charge is -2.38. The highest BCUT2D eigenvalue weighted by atomic mass is 19.3. The van der Waals surface area contributed by atoms with Crippen molar-refractivity contribution in [3.63, 3.8) is 0 Å². The van der Waals surface area contributed by atoms with Crippen molar-refractivity contribution in [2.45, 2.75) is 31.2 Å². The molecule has 0 radical (unpaired) electrons. The number of alkyl halides is 2. The number of aromatic nitrogens is 2. The van der Waals surface area contributed by atoms with E-state index in [-0.39, 0.29) is 36.6 Å². The summed E-state index contributed by atoms with van der Waals surface area (Å²) in [5.74, 6) is -6.09. The average Bonchev–Trinajstić information content (AvgIpc) is 2.64. The molecule has 6 N–H and O–H groups in total. The van der Waals surface area contributed by atoms with E-state index < -0.39 is 29.6 Å². The third-order valence-electron chi connectivity index (χ3n) is 4.80. The number of halogens is 3. The van der Waals surface area contributed by atoms with Crippen LogP contribution in [0.5, 0.6) is 0 Å². The molecular formula is C18H21F3N6O. The van der Waals surface area contributed by atoms with Crippen molar-refractivity contribution >= 4 is 23.2 Å². The topological polar surface area (TPSA) is 119 Å². The first-order valence-electron chi connectivity index (χ1n) is 8.83. The number of hydrogen-bond acceptors (Lipinski definition) is 6. The molecule has 1 aliphatic carbocycles. The molecule has 1 unspecified atom stereocenters. The Bertz CT molecular complexity index is 849. The van der Waals surface area contributed by atoms with Gasteiger partial charge in [-0.25, -0.2) is 18.2 Å². The molecular weight excluding hydrogens is 373 g/mol. The Labute approximate surface area is 159 Å². The van der Waals surface area contributed by atoms with Gasteiger partial charge in [0.2, 0.25) is 0 Å². The average molecular weight is 394 g/mol. The van der Waals surface area contributed by atoms with Crippen molar-refractivity contribution in [2.24, 2.45) is 17.4 Å². The molecule has 0 saturated heterocycles. The molecule has 1 fully saturated rings. The Morgan fingerprint density at radius 3 is 2.79 bits per heavy atom. The summed E-state index contributed by atoms with van der Waals surface area (Å²) < 4.78 is 42.8. The molecule has 2 aromatic rings. The van der Waals surface area contributed by atoms with E-state index in [1.807, 2.05) is 0 Å². The molecule has 3 rings (SSSR count). The summed E-state index contributed by atoms with van der Waals surface area (Å²) in [5, 5.41) is 5.59. The van der Waals surface area contributed by atoms with Crippen LogP contribution in [0, 0.1) is 11.7 Å². The lowest BCUT2D eigenvalue weighted by Crippen LogP contribution is -2.49. The highest BCUT2D eigenvalue weighted by Crippen LogP contribution is 2.39. The van der Waals surface area contributed by atoms with Crippen LogP contribution in [0.2, 0.25) is 0 Å². The second-order valence-electron chi connectivity index (χ2n) is 6.69. The van der Waals surface area contributed by atoms with Gasteiger partial charge in [-0.3, -0.25) is 9.78 Å². The van der Waals surface area contributed by atoms with Crippen LogP contribution in [0.25, 0.3) is 0 Å². The number of nitrogens with one attached hydrogen (secondary N) is 2. The molecule has 0 aromatic carbocycles. The van der Waals surface area contributed by atoms with Crippen LogP contribution in [-0.4, -0.2) is 34.4 Å². The Balaban J connectivity index is 1.92. The summed E-state index contributed by atoms with van der Waals surface area (Å²) >= 11 is 0. The van der Waals surface area contributed by atoms with Crippen LogP contribution in [0.15, 0.2) is 30.6 Å². The van der Waals surface area contributed by atoms with E-state index in [1.165, 1.54) is 6.20 Å². The summed E-state index contributed by atoms with van der Waals surface area (Å²) in [4.78, 5) is 19.7. The number of carbonyl (C=O) groups is 1. The largest absolute Gasteiger partial charge is 0.365 e. The standard InChI is InChI=1S/C18H21F3N6O/c19-13-7-11(15(23)28)16(25-10-3-2-6-24-9-10)27-17(13)26-14-4-1-5-18(20,21)12(14)8-22/h2-3,6-7,9,12,14H,1,4-5,8,22H2,(H2,23,28)(H2,25,26,27)/t12?,14-/m1/s1. The zero-order valence-electron chi connectivity index (χ0n) is 15.0. The van der Waals surface area contributed by atoms with Crippen LogP contribution in [-0.2, 0) is 0 Å². The van der Waals surface area contributed by atoms with E-state index in [0.717, 1.165) is 6.07 Å². The van der Waals surface area contributed by atoms with Gasteiger partial charge in [0.25, 0.3) is 11.8 Å². The second kappa shape index (κ2) is 8.01. The number of nitrogens with zero attached hydrogens (tertiary/aromatic N) is 2. The first-order valence-corrected chi connectivity index (χ1v) is 8.83. The van der Waals surface area contributed by atoms with Gasteiger partial charge in [-0.2, -0.15) is 0 Å². The highest BCUT2D eigenvalue weighted by molar-refractivity contribution is 5.98. The molecule has 1 amide bonds. The van der Waals surface area contributed by atoms with Crippen molar-refractivity contribution in [1.82, 2.24) is 9.97 Å². The number of nitrogens with two attached hydrogens (primary N) is 2. The summed E-state index contributed by atoms with van der Waals surface area (Å²) in [6.07, 6.45) is 3.47. The fourth-order valence-corrected chi connectivity index (χ4v) is 3.37. The molecule has 0 spiro atoms. The fraction of sp³-hybridized carbons (Fsp3) is 0.389. The normalized spacial score (nSPS) is 21.1. The van der Waals surface area contributed by atoms with Crippen LogP contribution in [0.3, 0.4) is 0 Å². The zero-order valence-corrected chi connectivity index (χ0v) is 15.0. The third kappa shape index (κ3) is 4.16. The second-order valence-corrected chi connectivity index (χ2v) is 6.69. The SMILES string of the molecule is NCC1[C@H](Nc2nc(Nc3cccnc3)c(C(N)=O)cc2F)CCCC1(F)F. The Morgan fingerprint density at radius 2 is 2.14 bits per heavy atom. The maximum atomic E-state index is 14.5. The van der Waals surface area contributed by atoms with E-state index in [2.05, 4.69) is 20.6 Å². The molecule has 2 aromatic heterocycles. The zero-order chi connectivity index (χ0) is 20.3. The Hall–Kier alpha value is -2.88. The molecule has 7 nitrogen and oxygen atoms in total. The van der Waals surface area contributed by atoms with Gasteiger partial charge in [0, 0.05) is 25.2 Å². The van der Waals surface area contributed by atoms with Gasteiger partial charge in [0.1, 0.15) is 5.82 Å². The number of primary amides is 1. The highest BCUT2D eigenvalue weighted by Gasteiger charge is 2.46. The van der Waals surface area contributed by atoms with Crippen LogP contribution < -0.4 is 22.1 Å². The van der Waals surface area contributed by atoms with Crippen molar-refractivity contribution in [1.29, 1.82) is 0 Å². The molecule has 0 aliphatic heterocycles. The minimum absolute atomic E-state index is 0.00346. The molecule has 2 heterocycles. The lowest BCUT2D eigenvalue weighted by atomic mass is 9.81. The van der Waals surface area contributed by atoms with Crippen LogP contribution in [0.4, 0.5) is 30.5 Å². The van der Waals surface area contributed by atoms with Gasteiger partial charge < -0.3 is 22.1 Å². The van der Waals surface area contributed by atoms with E-state index in [1.54, 1.807) is 18.3 Å². The monoisotopic (exact) mass is 394 g/mol. The summed E-state index contributed by atoms with van der Waals surface area (Å²) in [6, 6.07) is 3.50. The molecule has 28 heavy (non-hydrogen) atoms. The minimum Gasteiger partial charge on any atom is -0.365 e. The van der Waals surface area contributed by atoms with Gasteiger partial charge in [0.05, 0.1) is 23.4 Å². The van der Waals surface area contributed by atoms with Gasteiger partial charge in [0.15, 0.2) is 11.6 Å². The number of carbonyl (C=O) groups excluding carboxylic acids is 1. The molecule has 1 saturated carbocycles. The number of rotatable bonds is 6. The lowest BCUT2D eigenvalue weighted by molar-refractivity contribution is -0.0862. The summed E-state index contributed by atoms with van der Waals surface area (Å²) in [7, 11) is 0. The summed E-state index contributed by atoms with van der Waals surface area (Å²) in [5.41, 5.74) is 11.2. The van der Waals surface area contributed by atoms with E-state index in [4.69, 9.17) is 11.5 Å². The predicted molar refractivity (Wildman–Crippen MR) is 99.0 cm³/mol. The van der Waals surface area contributed by atoms with Crippen molar-refractivity contribution in [3.8, 4) is 0 Å².